The molecule has 0 aliphatic carbocycles. The lowest BCUT2D eigenvalue weighted by Gasteiger charge is -2.28. The van der Waals surface area contributed by atoms with Gasteiger partial charge in [-0.05, 0) is 30.7 Å². The molecular formula is C18H20N2O. The minimum Gasteiger partial charge on any atom is -0.490 e. The van der Waals surface area contributed by atoms with Crippen LogP contribution >= 0.6 is 0 Å². The fourth-order valence-electron chi connectivity index (χ4n) is 2.30. The highest BCUT2D eigenvalue weighted by atomic mass is 16.5. The van der Waals surface area contributed by atoms with Gasteiger partial charge in [0.2, 0.25) is 0 Å². The van der Waals surface area contributed by atoms with Crippen molar-refractivity contribution in [2.75, 3.05) is 13.2 Å². The normalized spacial score (nSPS) is 13.2. The number of aryl methyl sites for hydroxylation is 1. The Morgan fingerprint density at radius 2 is 1.76 bits per heavy atom. The summed E-state index contributed by atoms with van der Waals surface area (Å²) >= 11 is 0. The van der Waals surface area contributed by atoms with Crippen molar-refractivity contribution in [3.8, 4) is 11.8 Å². The molecule has 0 bridgehead atoms. The number of nitrogens with one attached hydrogen (secondary N) is 1. The number of likely N-dealkylation sites (N-methyl/N-ethyl adjacent to an activating group) is 1. The molecule has 2 rings (SSSR count). The van der Waals surface area contributed by atoms with Crippen molar-refractivity contribution < 1.29 is 4.74 Å². The van der Waals surface area contributed by atoms with E-state index >= 15 is 0 Å². The zero-order chi connectivity index (χ0) is 15.1. The second-order valence-corrected chi connectivity index (χ2v) is 4.97. The van der Waals surface area contributed by atoms with Crippen LogP contribution in [0, 0.1) is 18.3 Å². The van der Waals surface area contributed by atoms with Gasteiger partial charge in [0.1, 0.15) is 12.4 Å². The van der Waals surface area contributed by atoms with Gasteiger partial charge in [0.25, 0.3) is 0 Å². The van der Waals surface area contributed by atoms with Crippen molar-refractivity contribution in [1.82, 2.24) is 5.32 Å². The molecule has 1 N–H and O–H groups in total. The summed E-state index contributed by atoms with van der Waals surface area (Å²) in [6.45, 7) is 4.95. The smallest absolute Gasteiger partial charge is 0.166 e. The fourth-order valence-corrected chi connectivity index (χ4v) is 2.30. The highest BCUT2D eigenvalue weighted by Gasteiger charge is 2.32. The molecule has 0 aliphatic heterocycles. The summed E-state index contributed by atoms with van der Waals surface area (Å²) in [5, 5.41) is 13.0. The van der Waals surface area contributed by atoms with E-state index in [-0.39, 0.29) is 6.61 Å². The summed E-state index contributed by atoms with van der Waals surface area (Å²) in [7, 11) is 0. The third-order valence-corrected chi connectivity index (χ3v) is 3.47. The molecule has 3 nitrogen and oxygen atoms in total. The first kappa shape index (κ1) is 15.1. The Morgan fingerprint density at radius 1 is 1.10 bits per heavy atom. The molecule has 108 valence electrons. The van der Waals surface area contributed by atoms with E-state index in [0.29, 0.717) is 6.54 Å². The number of nitrogens with zero attached hydrogens (tertiary/aromatic N) is 1. The van der Waals surface area contributed by atoms with Crippen molar-refractivity contribution in [3.05, 3.63) is 65.7 Å². The average molecular weight is 280 g/mol. The van der Waals surface area contributed by atoms with Gasteiger partial charge in [-0.15, -0.1) is 0 Å². The van der Waals surface area contributed by atoms with Crippen LogP contribution in [0.5, 0.6) is 5.75 Å². The van der Waals surface area contributed by atoms with Crippen LogP contribution in [0.1, 0.15) is 18.1 Å². The Bertz CT molecular complexity index is 619. The molecule has 0 fully saturated rings. The minimum absolute atomic E-state index is 0.270. The average Bonchev–Trinajstić information content (AvgIpc) is 2.54. The van der Waals surface area contributed by atoms with E-state index in [0.717, 1.165) is 16.9 Å². The van der Waals surface area contributed by atoms with Crippen LogP contribution in [0.25, 0.3) is 0 Å². The van der Waals surface area contributed by atoms with Crippen LogP contribution in [-0.2, 0) is 5.54 Å². The molecule has 1 unspecified atom stereocenters. The molecule has 0 amide bonds. The molecule has 2 aromatic rings. The van der Waals surface area contributed by atoms with Crippen LogP contribution in [0.4, 0.5) is 0 Å². The fraction of sp³-hybridized carbons (Fsp3) is 0.278. The standard InChI is InChI=1S/C18H20N2O/c1-3-20-18(13-19,16-10-5-4-6-11-16)14-21-17-12-8-7-9-15(17)2/h4-12,20H,3,14H2,1-2H3. The maximum Gasteiger partial charge on any atom is 0.166 e. The van der Waals surface area contributed by atoms with Crippen molar-refractivity contribution in [3.63, 3.8) is 0 Å². The molecule has 1 atom stereocenters. The Balaban J connectivity index is 2.26. The maximum absolute atomic E-state index is 9.72. The number of nitriles is 1. The lowest BCUT2D eigenvalue weighted by atomic mass is 9.92. The summed E-state index contributed by atoms with van der Waals surface area (Å²) in [6, 6.07) is 19.9. The zero-order valence-electron chi connectivity index (χ0n) is 12.5. The van der Waals surface area contributed by atoms with E-state index in [1.807, 2.05) is 68.4 Å². The SMILES string of the molecule is CCNC(C#N)(COc1ccccc1C)c1ccccc1. The molecule has 0 heterocycles. The predicted octanol–water partition coefficient (Wildman–Crippen LogP) is 3.40. The molecule has 2 aromatic carbocycles. The first-order chi connectivity index (χ1) is 10.2. The molecule has 0 spiro atoms. The van der Waals surface area contributed by atoms with Gasteiger partial charge in [-0.25, -0.2) is 0 Å². The van der Waals surface area contributed by atoms with Crippen molar-refractivity contribution in [2.24, 2.45) is 0 Å². The molecule has 21 heavy (non-hydrogen) atoms. The monoisotopic (exact) mass is 280 g/mol. The maximum atomic E-state index is 9.72. The van der Waals surface area contributed by atoms with Crippen LogP contribution < -0.4 is 10.1 Å². The summed E-state index contributed by atoms with van der Waals surface area (Å²) < 4.78 is 5.92. The summed E-state index contributed by atoms with van der Waals surface area (Å²) in [5.41, 5.74) is 1.15. The Morgan fingerprint density at radius 3 is 2.38 bits per heavy atom. The molecule has 3 heteroatoms. The van der Waals surface area contributed by atoms with Crippen LogP contribution in [0.2, 0.25) is 0 Å². The van der Waals surface area contributed by atoms with E-state index in [4.69, 9.17) is 4.74 Å². The topological polar surface area (TPSA) is 45.0 Å². The van der Waals surface area contributed by atoms with E-state index in [1.54, 1.807) is 0 Å². The zero-order valence-corrected chi connectivity index (χ0v) is 12.5. The Hall–Kier alpha value is -2.31. The van der Waals surface area contributed by atoms with Gasteiger partial charge in [-0.1, -0.05) is 55.5 Å². The van der Waals surface area contributed by atoms with E-state index in [1.165, 1.54) is 0 Å². The van der Waals surface area contributed by atoms with Crippen LogP contribution in [0.15, 0.2) is 54.6 Å². The molecular weight excluding hydrogens is 260 g/mol. The minimum atomic E-state index is -0.835. The molecule has 0 aliphatic rings. The number of ether oxygens (including phenoxy) is 1. The predicted molar refractivity (Wildman–Crippen MR) is 84.1 cm³/mol. The first-order valence-electron chi connectivity index (χ1n) is 7.12. The highest BCUT2D eigenvalue weighted by molar-refractivity contribution is 5.35. The van der Waals surface area contributed by atoms with Gasteiger partial charge >= 0.3 is 0 Å². The van der Waals surface area contributed by atoms with Gasteiger partial charge in [-0.2, -0.15) is 5.26 Å². The van der Waals surface area contributed by atoms with E-state index < -0.39 is 5.54 Å². The van der Waals surface area contributed by atoms with Crippen molar-refractivity contribution in [2.45, 2.75) is 19.4 Å². The van der Waals surface area contributed by atoms with E-state index in [9.17, 15) is 5.26 Å². The number of hydrogen-bond acceptors (Lipinski definition) is 3. The van der Waals surface area contributed by atoms with Crippen molar-refractivity contribution >= 4 is 0 Å². The first-order valence-corrected chi connectivity index (χ1v) is 7.12. The van der Waals surface area contributed by atoms with Crippen LogP contribution in [0.3, 0.4) is 0 Å². The summed E-state index contributed by atoms with van der Waals surface area (Å²) in [6.07, 6.45) is 0. The summed E-state index contributed by atoms with van der Waals surface area (Å²) in [4.78, 5) is 0. The lowest BCUT2D eigenvalue weighted by molar-refractivity contribution is 0.223. The van der Waals surface area contributed by atoms with Gasteiger partial charge in [0.15, 0.2) is 5.54 Å². The second-order valence-electron chi connectivity index (χ2n) is 4.97. The second kappa shape index (κ2) is 6.92. The number of rotatable bonds is 6. The quantitative estimate of drug-likeness (QED) is 0.882. The molecule has 0 saturated heterocycles. The molecule has 0 saturated carbocycles. The number of para-hydroxylation sites is 1. The van der Waals surface area contributed by atoms with Gasteiger partial charge in [0, 0.05) is 0 Å². The number of benzene rings is 2. The Kier molecular flexibility index (Phi) is 4.97. The third kappa shape index (κ3) is 3.42. The Labute approximate surface area is 126 Å². The number of hydrogen-bond donors (Lipinski definition) is 1. The lowest BCUT2D eigenvalue weighted by Crippen LogP contribution is -2.46. The van der Waals surface area contributed by atoms with E-state index in [2.05, 4.69) is 11.4 Å². The molecule has 0 radical (unpaired) electrons. The highest BCUT2D eigenvalue weighted by Crippen LogP contribution is 2.24. The van der Waals surface area contributed by atoms with Crippen molar-refractivity contribution in [1.29, 1.82) is 5.26 Å². The third-order valence-electron chi connectivity index (χ3n) is 3.47. The van der Waals surface area contributed by atoms with Gasteiger partial charge in [-0.3, -0.25) is 5.32 Å². The molecule has 0 aromatic heterocycles. The van der Waals surface area contributed by atoms with Crippen LogP contribution in [-0.4, -0.2) is 13.2 Å². The van der Waals surface area contributed by atoms with Gasteiger partial charge in [0.05, 0.1) is 6.07 Å². The summed E-state index contributed by atoms with van der Waals surface area (Å²) in [5.74, 6) is 0.811. The van der Waals surface area contributed by atoms with Gasteiger partial charge < -0.3 is 4.74 Å². The largest absolute Gasteiger partial charge is 0.490 e.